The topological polar surface area (TPSA) is 74.6 Å². The Bertz CT molecular complexity index is 44.0. The van der Waals surface area contributed by atoms with Gasteiger partial charge in [-0.2, -0.15) is 0 Å². The van der Waals surface area contributed by atoms with Crippen LogP contribution in [0.2, 0.25) is 0 Å². The van der Waals surface area contributed by atoms with Crippen LogP contribution in [0, 0.1) is 0 Å². The highest BCUT2D eigenvalue weighted by Gasteiger charge is 1.58. The van der Waals surface area contributed by atoms with Gasteiger partial charge < -0.3 is 10.2 Å². The first-order chi connectivity index (χ1) is 3.83. The summed E-state index contributed by atoms with van der Waals surface area (Å²) in [5, 5.41) is 15.2. The van der Waals surface area contributed by atoms with Crippen LogP contribution in [0.1, 0.15) is 0 Å². The number of hydrogen-bond donors (Lipinski definition) is 2. The number of aliphatic hydroxyl groups excluding tert-OH is 2. The number of aliphatic hydroxyl groups is 2. The summed E-state index contributed by atoms with van der Waals surface area (Å²) < 4.78 is 0. The number of aldehydes is 2. The van der Waals surface area contributed by atoms with Gasteiger partial charge in [0, 0.05) is 0 Å². The second-order valence-electron chi connectivity index (χ2n) is 0.719. The quantitative estimate of drug-likeness (QED) is 0.338. The van der Waals surface area contributed by atoms with E-state index in [1.165, 1.54) is 0 Å². The van der Waals surface area contributed by atoms with E-state index in [1.54, 1.807) is 0 Å². The standard InChI is InChI=1S/C2H6O2.C2H2O2/c2*3-1-2-4/h3-4H,1-2H2;1-2H. The lowest BCUT2D eigenvalue weighted by molar-refractivity contribution is -0.122. The van der Waals surface area contributed by atoms with Crippen LogP contribution in [0.15, 0.2) is 0 Å². The van der Waals surface area contributed by atoms with Crippen molar-refractivity contribution >= 4 is 12.6 Å². The van der Waals surface area contributed by atoms with Crippen molar-refractivity contribution in [3.8, 4) is 0 Å². The minimum absolute atomic E-state index is 0.125. The van der Waals surface area contributed by atoms with E-state index in [0.717, 1.165) is 0 Å². The molecule has 0 atom stereocenters. The molecule has 0 radical (unpaired) electrons. The fourth-order valence-corrected chi connectivity index (χ4v) is 0. The fourth-order valence-electron chi connectivity index (χ4n) is 0. The minimum atomic E-state index is -0.125. The molecule has 0 saturated heterocycles. The third-order valence-corrected chi connectivity index (χ3v) is 0.156. The molecule has 0 rings (SSSR count). The number of carbonyl (C=O) groups is 2. The van der Waals surface area contributed by atoms with Crippen LogP contribution in [0.25, 0.3) is 0 Å². The van der Waals surface area contributed by atoms with E-state index in [0.29, 0.717) is 0 Å². The summed E-state index contributed by atoms with van der Waals surface area (Å²) in [7, 11) is 0. The van der Waals surface area contributed by atoms with Gasteiger partial charge in [0.15, 0.2) is 12.6 Å². The fraction of sp³-hybridized carbons (Fsp3) is 0.500. The van der Waals surface area contributed by atoms with Crippen LogP contribution in [0.3, 0.4) is 0 Å². The Morgan fingerprint density at radius 2 is 1.25 bits per heavy atom. The third kappa shape index (κ3) is 60.1. The highest BCUT2D eigenvalue weighted by atomic mass is 16.3. The van der Waals surface area contributed by atoms with Crippen LogP contribution in [0.5, 0.6) is 0 Å². The molecule has 2 N–H and O–H groups in total. The Hall–Kier alpha value is -0.740. The van der Waals surface area contributed by atoms with E-state index in [2.05, 4.69) is 0 Å². The summed E-state index contributed by atoms with van der Waals surface area (Å²) in [5.74, 6) is 0. The Labute approximate surface area is 46.8 Å². The summed E-state index contributed by atoms with van der Waals surface area (Å²) in [5.41, 5.74) is 0. The molecule has 0 aliphatic rings. The summed E-state index contributed by atoms with van der Waals surface area (Å²) in [4.78, 5) is 17.6. The molecule has 0 unspecified atom stereocenters. The molecule has 0 fully saturated rings. The van der Waals surface area contributed by atoms with Crippen LogP contribution in [-0.4, -0.2) is 36.0 Å². The number of hydrogen-bond acceptors (Lipinski definition) is 4. The SMILES string of the molecule is O=CC=O.OCCO. The molecule has 0 heterocycles. The van der Waals surface area contributed by atoms with E-state index < -0.39 is 0 Å². The first-order valence-corrected chi connectivity index (χ1v) is 1.94. The molecule has 0 saturated carbocycles. The zero-order valence-corrected chi connectivity index (χ0v) is 4.28. The van der Waals surface area contributed by atoms with Crippen molar-refractivity contribution in [2.24, 2.45) is 0 Å². The molecular formula is C4H8O4. The first kappa shape index (κ1) is 10.3. The van der Waals surface area contributed by atoms with Gasteiger partial charge in [0.25, 0.3) is 0 Å². The second kappa shape index (κ2) is 16.3. The Morgan fingerprint density at radius 3 is 1.25 bits per heavy atom. The lowest BCUT2D eigenvalue weighted by Gasteiger charge is -1.70. The minimum Gasteiger partial charge on any atom is -0.394 e. The molecule has 0 aromatic rings. The van der Waals surface area contributed by atoms with Crippen molar-refractivity contribution in [3.63, 3.8) is 0 Å². The van der Waals surface area contributed by atoms with Crippen molar-refractivity contribution < 1.29 is 19.8 Å². The molecule has 0 bridgehead atoms. The molecular weight excluding hydrogens is 112 g/mol. The summed E-state index contributed by atoms with van der Waals surface area (Å²) in [6.45, 7) is -0.250. The maximum atomic E-state index is 8.81. The van der Waals surface area contributed by atoms with Crippen LogP contribution < -0.4 is 0 Å². The lowest BCUT2D eigenvalue weighted by Crippen LogP contribution is -1.85. The lowest BCUT2D eigenvalue weighted by atomic mass is 10.8. The highest BCUT2D eigenvalue weighted by Crippen LogP contribution is 1.39. The predicted molar refractivity (Wildman–Crippen MR) is 26.3 cm³/mol. The predicted octanol–water partition coefficient (Wildman–Crippen LogP) is -1.64. The molecule has 0 aliphatic heterocycles. The third-order valence-electron chi connectivity index (χ3n) is 0.156. The molecule has 48 valence electrons. The van der Waals surface area contributed by atoms with E-state index in [1.807, 2.05) is 0 Å². The highest BCUT2D eigenvalue weighted by molar-refractivity contribution is 6.09. The molecule has 0 aromatic heterocycles. The van der Waals surface area contributed by atoms with Gasteiger partial charge in [0.05, 0.1) is 13.2 Å². The molecule has 0 amide bonds. The van der Waals surface area contributed by atoms with Crippen LogP contribution in [0.4, 0.5) is 0 Å². The molecule has 4 nitrogen and oxygen atoms in total. The Balaban J connectivity index is 0. The zero-order valence-electron chi connectivity index (χ0n) is 4.28. The smallest absolute Gasteiger partial charge is 0.182 e. The van der Waals surface area contributed by atoms with Gasteiger partial charge in [-0.05, 0) is 0 Å². The second-order valence-corrected chi connectivity index (χ2v) is 0.719. The van der Waals surface area contributed by atoms with Gasteiger partial charge in [0.2, 0.25) is 0 Å². The molecule has 8 heavy (non-hydrogen) atoms. The van der Waals surface area contributed by atoms with Crippen molar-refractivity contribution in [1.29, 1.82) is 0 Å². The van der Waals surface area contributed by atoms with Gasteiger partial charge in [-0.25, -0.2) is 0 Å². The monoisotopic (exact) mass is 120 g/mol. The first-order valence-electron chi connectivity index (χ1n) is 1.94. The van der Waals surface area contributed by atoms with Gasteiger partial charge >= 0.3 is 0 Å². The zero-order chi connectivity index (χ0) is 6.83. The Morgan fingerprint density at radius 1 is 1.00 bits per heavy atom. The van der Waals surface area contributed by atoms with Gasteiger partial charge in [-0.1, -0.05) is 0 Å². The Kier molecular flexibility index (Phi) is 20.9. The van der Waals surface area contributed by atoms with Crippen LogP contribution >= 0.6 is 0 Å². The van der Waals surface area contributed by atoms with Crippen molar-refractivity contribution in [2.45, 2.75) is 0 Å². The maximum Gasteiger partial charge on any atom is 0.182 e. The summed E-state index contributed by atoms with van der Waals surface area (Å²) in [6, 6.07) is 0. The number of carbonyl (C=O) groups excluding carboxylic acids is 2. The van der Waals surface area contributed by atoms with Crippen LogP contribution in [-0.2, 0) is 9.59 Å². The van der Waals surface area contributed by atoms with Gasteiger partial charge in [0.1, 0.15) is 0 Å². The summed E-state index contributed by atoms with van der Waals surface area (Å²) in [6.07, 6.45) is 0.389. The van der Waals surface area contributed by atoms with E-state index >= 15 is 0 Å². The molecule has 0 spiro atoms. The summed E-state index contributed by atoms with van der Waals surface area (Å²) >= 11 is 0. The van der Waals surface area contributed by atoms with E-state index in [9.17, 15) is 0 Å². The van der Waals surface area contributed by atoms with E-state index in [4.69, 9.17) is 19.8 Å². The van der Waals surface area contributed by atoms with Crippen molar-refractivity contribution in [3.05, 3.63) is 0 Å². The normalized spacial score (nSPS) is 6.25. The number of rotatable bonds is 2. The van der Waals surface area contributed by atoms with Crippen molar-refractivity contribution in [1.82, 2.24) is 0 Å². The van der Waals surface area contributed by atoms with Gasteiger partial charge in [-0.3, -0.25) is 9.59 Å². The molecule has 0 aromatic carbocycles. The van der Waals surface area contributed by atoms with Gasteiger partial charge in [-0.15, -0.1) is 0 Å². The van der Waals surface area contributed by atoms with Crippen molar-refractivity contribution in [2.75, 3.05) is 13.2 Å². The largest absolute Gasteiger partial charge is 0.394 e. The maximum absolute atomic E-state index is 8.81. The molecule has 4 heteroatoms. The average molecular weight is 120 g/mol. The molecule has 0 aliphatic carbocycles. The average Bonchev–Trinajstić information content (AvgIpc) is 1.88. The van der Waals surface area contributed by atoms with E-state index in [-0.39, 0.29) is 25.8 Å².